The first-order chi connectivity index (χ1) is 14.3. The number of carbonyl (C=O) groups excluding carboxylic acids is 1. The number of nitrogens with one attached hydrogen (secondary N) is 1. The summed E-state index contributed by atoms with van der Waals surface area (Å²) in [6.45, 7) is 1.64. The molecule has 1 N–H and O–H groups in total. The van der Waals surface area contributed by atoms with Gasteiger partial charge in [-0.05, 0) is 36.2 Å². The van der Waals surface area contributed by atoms with E-state index >= 15 is 0 Å². The third-order valence-electron chi connectivity index (χ3n) is 4.63. The van der Waals surface area contributed by atoms with E-state index in [1.54, 1.807) is 12.1 Å². The third kappa shape index (κ3) is 5.14. The molecule has 0 unspecified atom stereocenters. The lowest BCUT2D eigenvalue weighted by Crippen LogP contribution is -2.40. The molecule has 0 aliphatic carbocycles. The lowest BCUT2D eigenvalue weighted by molar-refractivity contribution is -0.385. The average molecular weight is 454 g/mol. The molecule has 0 spiro atoms. The summed E-state index contributed by atoms with van der Waals surface area (Å²) < 4.78 is 31.8. The first-order valence-electron chi connectivity index (χ1n) is 9.18. The molecule has 160 valence electrons. The summed E-state index contributed by atoms with van der Waals surface area (Å²) in [5.41, 5.74) is 0.385. The summed E-state index contributed by atoms with van der Waals surface area (Å²) >= 11 is 5.76. The van der Waals surface area contributed by atoms with E-state index in [0.717, 1.165) is 11.6 Å². The number of hydrogen-bond donors (Lipinski definition) is 1. The summed E-state index contributed by atoms with van der Waals surface area (Å²) in [6, 6.07) is 10.3. The van der Waals surface area contributed by atoms with Crippen molar-refractivity contribution < 1.29 is 22.9 Å². The summed E-state index contributed by atoms with van der Waals surface area (Å²) in [5, 5.41) is 13.9. The van der Waals surface area contributed by atoms with Crippen LogP contribution in [0.3, 0.4) is 0 Å². The summed E-state index contributed by atoms with van der Waals surface area (Å²) in [4.78, 5) is 22.9. The number of sulfonamides is 1. The van der Waals surface area contributed by atoms with Crippen molar-refractivity contribution in [3.8, 4) is 0 Å². The molecule has 1 aliphatic heterocycles. The molecule has 1 aliphatic rings. The number of carbonyl (C=O) groups is 1. The van der Waals surface area contributed by atoms with Gasteiger partial charge in [0.25, 0.3) is 11.6 Å². The van der Waals surface area contributed by atoms with Gasteiger partial charge in [-0.2, -0.15) is 4.31 Å². The molecule has 0 radical (unpaired) electrons. The van der Waals surface area contributed by atoms with Crippen LogP contribution in [0, 0.1) is 10.1 Å². The predicted octanol–water partition coefficient (Wildman–Crippen LogP) is 2.24. The van der Waals surface area contributed by atoms with Gasteiger partial charge in [-0.1, -0.05) is 23.7 Å². The molecule has 1 heterocycles. The quantitative estimate of drug-likeness (QED) is 0.507. The van der Waals surface area contributed by atoms with Crippen LogP contribution in [0.25, 0.3) is 0 Å². The van der Waals surface area contributed by atoms with Gasteiger partial charge < -0.3 is 10.1 Å². The van der Waals surface area contributed by atoms with Crippen molar-refractivity contribution in [2.45, 2.75) is 11.3 Å². The van der Waals surface area contributed by atoms with Crippen LogP contribution in [0.15, 0.2) is 47.4 Å². The summed E-state index contributed by atoms with van der Waals surface area (Å²) in [5.74, 6) is -0.579. The second-order valence-corrected chi connectivity index (χ2v) is 8.96. The van der Waals surface area contributed by atoms with Crippen molar-refractivity contribution in [3.63, 3.8) is 0 Å². The second-order valence-electron chi connectivity index (χ2n) is 6.58. The van der Waals surface area contributed by atoms with Crippen molar-refractivity contribution in [2.24, 2.45) is 0 Å². The van der Waals surface area contributed by atoms with Crippen molar-refractivity contribution >= 4 is 33.2 Å². The Balaban J connectivity index is 1.59. The second kappa shape index (κ2) is 9.52. The minimum Gasteiger partial charge on any atom is -0.379 e. The van der Waals surface area contributed by atoms with Gasteiger partial charge in [0.05, 0.1) is 23.0 Å². The molecule has 0 aromatic heterocycles. The molecule has 2 aromatic carbocycles. The smallest absolute Gasteiger partial charge is 0.283 e. The predicted molar refractivity (Wildman–Crippen MR) is 110 cm³/mol. The maximum atomic E-state index is 12.6. The first-order valence-corrected chi connectivity index (χ1v) is 11.0. The zero-order valence-electron chi connectivity index (χ0n) is 15.9. The zero-order valence-corrected chi connectivity index (χ0v) is 17.5. The van der Waals surface area contributed by atoms with Crippen LogP contribution in [-0.4, -0.2) is 56.4 Å². The topological polar surface area (TPSA) is 119 Å². The highest BCUT2D eigenvalue weighted by Crippen LogP contribution is 2.23. The van der Waals surface area contributed by atoms with Crippen LogP contribution >= 0.6 is 11.6 Å². The van der Waals surface area contributed by atoms with Gasteiger partial charge in [0, 0.05) is 30.7 Å². The largest absolute Gasteiger partial charge is 0.379 e. The lowest BCUT2D eigenvalue weighted by atomic mass is 10.1. The molecular formula is C19H20ClN3O6S. The van der Waals surface area contributed by atoms with Crippen LogP contribution in [-0.2, 0) is 21.2 Å². The monoisotopic (exact) mass is 453 g/mol. The molecule has 0 atom stereocenters. The van der Waals surface area contributed by atoms with E-state index in [0.29, 0.717) is 32.7 Å². The summed E-state index contributed by atoms with van der Waals surface area (Å²) in [7, 11) is -3.56. The molecule has 11 heteroatoms. The van der Waals surface area contributed by atoms with Gasteiger partial charge in [0.1, 0.15) is 5.56 Å². The van der Waals surface area contributed by atoms with Crippen LogP contribution < -0.4 is 5.32 Å². The number of nitro groups is 1. The molecule has 1 fully saturated rings. The van der Waals surface area contributed by atoms with E-state index in [1.807, 2.05) is 0 Å². The standard InChI is InChI=1S/C19H20ClN3O6S/c20-15-3-6-17(18(13-15)23(25)26)19(24)21-8-7-14-1-4-16(5-2-14)30(27,28)22-9-11-29-12-10-22/h1-6,13H,7-12H2,(H,21,24). The van der Waals surface area contributed by atoms with Gasteiger partial charge in [-0.25, -0.2) is 8.42 Å². The van der Waals surface area contributed by atoms with E-state index in [9.17, 15) is 23.3 Å². The molecule has 3 rings (SSSR count). The van der Waals surface area contributed by atoms with Crippen LogP contribution in [0.2, 0.25) is 5.02 Å². The van der Waals surface area contributed by atoms with Gasteiger partial charge >= 0.3 is 0 Å². The van der Waals surface area contributed by atoms with Crippen LogP contribution in [0.5, 0.6) is 0 Å². The number of morpholine rings is 1. The zero-order chi connectivity index (χ0) is 21.7. The minimum atomic E-state index is -3.56. The van der Waals surface area contributed by atoms with E-state index in [-0.39, 0.29) is 27.7 Å². The molecule has 1 amide bonds. The number of nitro benzene ring substituents is 1. The highest BCUT2D eigenvalue weighted by molar-refractivity contribution is 7.89. The highest BCUT2D eigenvalue weighted by atomic mass is 35.5. The molecule has 2 aromatic rings. The Morgan fingerprint density at radius 1 is 1.17 bits per heavy atom. The number of rotatable bonds is 7. The Bertz CT molecular complexity index is 1040. The highest BCUT2D eigenvalue weighted by Gasteiger charge is 2.26. The first kappa shape index (κ1) is 22.2. The Hall–Kier alpha value is -2.53. The van der Waals surface area contributed by atoms with Crippen molar-refractivity contribution in [2.75, 3.05) is 32.8 Å². The Morgan fingerprint density at radius 3 is 2.47 bits per heavy atom. The molecular weight excluding hydrogens is 434 g/mol. The lowest BCUT2D eigenvalue weighted by Gasteiger charge is -2.26. The molecule has 0 bridgehead atoms. The van der Waals surface area contributed by atoms with E-state index in [4.69, 9.17) is 16.3 Å². The maximum absolute atomic E-state index is 12.6. The number of halogens is 1. The van der Waals surface area contributed by atoms with Gasteiger partial charge in [-0.3, -0.25) is 14.9 Å². The van der Waals surface area contributed by atoms with Crippen molar-refractivity contribution in [3.05, 3.63) is 68.7 Å². The molecule has 0 saturated carbocycles. The molecule has 9 nitrogen and oxygen atoms in total. The number of benzene rings is 2. The number of nitrogens with zero attached hydrogens (tertiary/aromatic N) is 2. The number of ether oxygens (including phenoxy) is 1. The van der Waals surface area contributed by atoms with Crippen molar-refractivity contribution in [1.82, 2.24) is 9.62 Å². The third-order valence-corrected chi connectivity index (χ3v) is 6.78. The molecule has 30 heavy (non-hydrogen) atoms. The van der Waals surface area contributed by atoms with E-state index < -0.39 is 20.9 Å². The normalized spacial score (nSPS) is 15.0. The molecule has 1 saturated heterocycles. The average Bonchev–Trinajstić information content (AvgIpc) is 2.74. The fraction of sp³-hybridized carbons (Fsp3) is 0.316. The SMILES string of the molecule is O=C(NCCc1ccc(S(=O)(=O)N2CCOCC2)cc1)c1ccc(Cl)cc1[N+](=O)[O-]. The fourth-order valence-electron chi connectivity index (χ4n) is 3.03. The van der Waals surface area contributed by atoms with Crippen molar-refractivity contribution in [1.29, 1.82) is 0 Å². The Kier molecular flexibility index (Phi) is 7.03. The van der Waals surface area contributed by atoms with Crippen LogP contribution in [0.1, 0.15) is 15.9 Å². The number of hydrogen-bond acceptors (Lipinski definition) is 6. The summed E-state index contributed by atoms with van der Waals surface area (Å²) in [6.07, 6.45) is 0.436. The maximum Gasteiger partial charge on any atom is 0.283 e. The van der Waals surface area contributed by atoms with Gasteiger partial charge in [0.2, 0.25) is 10.0 Å². The van der Waals surface area contributed by atoms with E-state index in [2.05, 4.69) is 5.32 Å². The van der Waals surface area contributed by atoms with Crippen LogP contribution in [0.4, 0.5) is 5.69 Å². The Morgan fingerprint density at radius 2 is 1.83 bits per heavy atom. The number of amides is 1. The fourth-order valence-corrected chi connectivity index (χ4v) is 4.60. The Labute approximate surface area is 178 Å². The van der Waals surface area contributed by atoms with E-state index in [1.165, 1.54) is 28.6 Å². The minimum absolute atomic E-state index is 0.0728. The van der Waals surface area contributed by atoms with Gasteiger partial charge in [0.15, 0.2) is 0 Å². The van der Waals surface area contributed by atoms with Gasteiger partial charge in [-0.15, -0.1) is 0 Å².